The standard InChI is InChI=1S/C16H16F3N7/c1-10-22-23-13-4-5-14(24-26(10)13)25-8-11(9-25)7-21-15-12(16(17,18)19)3-2-6-20-15/h2-6,11H,7-9H2,1H3,(H,20,21). The second-order valence-corrected chi connectivity index (χ2v) is 6.26. The van der Waals surface area contributed by atoms with E-state index in [0.29, 0.717) is 31.1 Å². The quantitative estimate of drug-likeness (QED) is 0.768. The molecule has 1 aliphatic heterocycles. The Kier molecular flexibility index (Phi) is 3.89. The summed E-state index contributed by atoms with van der Waals surface area (Å²) in [6, 6.07) is 6.03. The molecule has 0 saturated carbocycles. The van der Waals surface area contributed by atoms with E-state index in [4.69, 9.17) is 0 Å². The number of aryl methyl sites for hydroxylation is 1. The molecule has 3 aromatic heterocycles. The van der Waals surface area contributed by atoms with Crippen LogP contribution < -0.4 is 10.2 Å². The SMILES string of the molecule is Cc1nnc2ccc(N3CC(CNc4ncccc4C(F)(F)F)C3)nn12. The highest BCUT2D eigenvalue weighted by Crippen LogP contribution is 2.33. The third-order valence-corrected chi connectivity index (χ3v) is 4.36. The van der Waals surface area contributed by atoms with E-state index < -0.39 is 11.7 Å². The summed E-state index contributed by atoms with van der Waals surface area (Å²) in [5.74, 6) is 1.59. The second kappa shape index (κ2) is 6.11. The van der Waals surface area contributed by atoms with Crippen molar-refractivity contribution in [3.63, 3.8) is 0 Å². The summed E-state index contributed by atoms with van der Waals surface area (Å²) < 4.78 is 40.6. The zero-order valence-corrected chi connectivity index (χ0v) is 13.9. The van der Waals surface area contributed by atoms with Crippen molar-refractivity contribution < 1.29 is 13.2 Å². The summed E-state index contributed by atoms with van der Waals surface area (Å²) in [7, 11) is 0. The zero-order chi connectivity index (χ0) is 18.3. The Bertz CT molecular complexity index is 931. The van der Waals surface area contributed by atoms with Crippen LogP contribution in [0.5, 0.6) is 0 Å². The Morgan fingerprint density at radius 3 is 2.77 bits per heavy atom. The maximum atomic E-state index is 13.0. The summed E-state index contributed by atoms with van der Waals surface area (Å²) in [5, 5.41) is 15.3. The predicted molar refractivity (Wildman–Crippen MR) is 89.0 cm³/mol. The lowest BCUT2D eigenvalue weighted by Crippen LogP contribution is -2.50. The first-order chi connectivity index (χ1) is 12.4. The first-order valence-electron chi connectivity index (χ1n) is 8.12. The van der Waals surface area contributed by atoms with Crippen LogP contribution >= 0.6 is 0 Å². The Morgan fingerprint density at radius 1 is 1.19 bits per heavy atom. The Hall–Kier alpha value is -2.91. The minimum Gasteiger partial charge on any atom is -0.369 e. The number of alkyl halides is 3. The van der Waals surface area contributed by atoms with Gasteiger partial charge in [-0.3, -0.25) is 0 Å². The number of aromatic nitrogens is 5. The molecule has 1 fully saturated rings. The smallest absolute Gasteiger partial charge is 0.369 e. The number of rotatable bonds is 4. The molecule has 4 heterocycles. The molecule has 26 heavy (non-hydrogen) atoms. The molecule has 4 rings (SSSR count). The summed E-state index contributed by atoms with van der Waals surface area (Å²) in [5.41, 5.74) is -0.0637. The van der Waals surface area contributed by atoms with E-state index in [9.17, 15) is 13.2 Å². The molecule has 10 heteroatoms. The fourth-order valence-corrected chi connectivity index (χ4v) is 2.96. The van der Waals surface area contributed by atoms with E-state index in [1.54, 1.807) is 4.52 Å². The second-order valence-electron chi connectivity index (χ2n) is 6.26. The van der Waals surface area contributed by atoms with Gasteiger partial charge in [-0.25, -0.2) is 4.98 Å². The van der Waals surface area contributed by atoms with Crippen LogP contribution in [0, 0.1) is 12.8 Å². The average molecular weight is 363 g/mol. The van der Waals surface area contributed by atoms with Gasteiger partial charge in [0.05, 0.1) is 5.56 Å². The average Bonchev–Trinajstić information content (AvgIpc) is 2.94. The Labute approximate surface area is 146 Å². The van der Waals surface area contributed by atoms with Gasteiger partial charge in [-0.15, -0.1) is 15.3 Å². The van der Waals surface area contributed by atoms with Crippen LogP contribution in [-0.2, 0) is 6.18 Å². The van der Waals surface area contributed by atoms with Crippen LogP contribution in [-0.4, -0.2) is 44.4 Å². The molecule has 0 aliphatic carbocycles. The van der Waals surface area contributed by atoms with Gasteiger partial charge >= 0.3 is 6.18 Å². The van der Waals surface area contributed by atoms with Crippen LogP contribution in [0.15, 0.2) is 30.5 Å². The van der Waals surface area contributed by atoms with Crippen molar-refractivity contribution in [3.8, 4) is 0 Å². The Balaban J connectivity index is 1.38. The number of hydrogen-bond donors (Lipinski definition) is 1. The predicted octanol–water partition coefficient (Wildman–Crippen LogP) is 2.39. The maximum Gasteiger partial charge on any atom is 0.419 e. The molecular formula is C16H16F3N7. The first-order valence-corrected chi connectivity index (χ1v) is 8.12. The van der Waals surface area contributed by atoms with Crippen LogP contribution in [0.25, 0.3) is 5.65 Å². The molecule has 0 unspecified atom stereocenters. The van der Waals surface area contributed by atoms with Crippen LogP contribution in [0.3, 0.4) is 0 Å². The van der Waals surface area contributed by atoms with Crippen molar-refractivity contribution in [3.05, 3.63) is 41.9 Å². The maximum absolute atomic E-state index is 13.0. The lowest BCUT2D eigenvalue weighted by atomic mass is 10.00. The first kappa shape index (κ1) is 16.6. The number of fused-ring (bicyclic) bond motifs is 1. The highest BCUT2D eigenvalue weighted by atomic mass is 19.4. The third kappa shape index (κ3) is 3.02. The number of nitrogens with zero attached hydrogens (tertiary/aromatic N) is 6. The lowest BCUT2D eigenvalue weighted by Gasteiger charge is -2.40. The molecule has 0 aromatic carbocycles. The van der Waals surface area contributed by atoms with E-state index in [2.05, 4.69) is 30.5 Å². The number of halogens is 3. The molecule has 7 nitrogen and oxygen atoms in total. The van der Waals surface area contributed by atoms with Crippen molar-refractivity contribution in [2.45, 2.75) is 13.1 Å². The van der Waals surface area contributed by atoms with Gasteiger partial charge in [0.1, 0.15) is 11.6 Å². The normalized spacial score (nSPS) is 15.3. The summed E-state index contributed by atoms with van der Waals surface area (Å²) in [4.78, 5) is 5.88. The molecule has 1 aliphatic rings. The van der Waals surface area contributed by atoms with Gasteiger partial charge in [-0.1, -0.05) is 0 Å². The van der Waals surface area contributed by atoms with E-state index in [0.717, 1.165) is 11.9 Å². The van der Waals surface area contributed by atoms with E-state index >= 15 is 0 Å². The monoisotopic (exact) mass is 363 g/mol. The molecule has 0 radical (unpaired) electrons. The highest BCUT2D eigenvalue weighted by molar-refractivity contribution is 5.49. The van der Waals surface area contributed by atoms with Crippen molar-refractivity contribution >= 4 is 17.3 Å². The fourth-order valence-electron chi connectivity index (χ4n) is 2.96. The molecule has 3 aromatic rings. The van der Waals surface area contributed by atoms with Crippen molar-refractivity contribution in [2.75, 3.05) is 29.9 Å². The number of anilines is 2. The molecule has 0 amide bonds. The van der Waals surface area contributed by atoms with Gasteiger partial charge in [0.15, 0.2) is 11.5 Å². The number of hydrogen-bond acceptors (Lipinski definition) is 6. The fraction of sp³-hybridized carbons (Fsp3) is 0.375. The molecular weight excluding hydrogens is 347 g/mol. The Morgan fingerprint density at radius 2 is 2.00 bits per heavy atom. The van der Waals surface area contributed by atoms with Gasteiger partial charge in [-0.05, 0) is 31.2 Å². The molecule has 0 spiro atoms. The van der Waals surface area contributed by atoms with Crippen molar-refractivity contribution in [1.29, 1.82) is 0 Å². The van der Waals surface area contributed by atoms with Gasteiger partial charge in [-0.2, -0.15) is 17.7 Å². The summed E-state index contributed by atoms with van der Waals surface area (Å²) in [6.45, 7) is 3.66. The van der Waals surface area contributed by atoms with E-state index in [1.165, 1.54) is 12.3 Å². The van der Waals surface area contributed by atoms with Gasteiger partial charge in [0, 0.05) is 31.7 Å². The molecule has 1 saturated heterocycles. The van der Waals surface area contributed by atoms with Gasteiger partial charge < -0.3 is 10.2 Å². The molecule has 1 N–H and O–H groups in total. The van der Waals surface area contributed by atoms with Crippen molar-refractivity contribution in [2.24, 2.45) is 5.92 Å². The number of nitrogens with one attached hydrogen (secondary N) is 1. The molecule has 0 bridgehead atoms. The largest absolute Gasteiger partial charge is 0.419 e. The molecule has 136 valence electrons. The zero-order valence-electron chi connectivity index (χ0n) is 13.9. The molecule has 0 atom stereocenters. The summed E-state index contributed by atoms with van der Waals surface area (Å²) >= 11 is 0. The number of pyridine rings is 1. The summed E-state index contributed by atoms with van der Waals surface area (Å²) in [6.07, 6.45) is -3.07. The van der Waals surface area contributed by atoms with E-state index in [-0.39, 0.29) is 11.7 Å². The van der Waals surface area contributed by atoms with Gasteiger partial charge in [0.2, 0.25) is 0 Å². The van der Waals surface area contributed by atoms with Crippen LogP contribution in [0.1, 0.15) is 11.4 Å². The highest BCUT2D eigenvalue weighted by Gasteiger charge is 2.35. The van der Waals surface area contributed by atoms with Gasteiger partial charge in [0.25, 0.3) is 0 Å². The lowest BCUT2D eigenvalue weighted by molar-refractivity contribution is -0.137. The topological polar surface area (TPSA) is 71.2 Å². The third-order valence-electron chi connectivity index (χ3n) is 4.36. The van der Waals surface area contributed by atoms with Crippen molar-refractivity contribution in [1.82, 2.24) is 24.8 Å². The minimum absolute atomic E-state index is 0.127. The van der Waals surface area contributed by atoms with Crippen LogP contribution in [0.2, 0.25) is 0 Å². The van der Waals surface area contributed by atoms with Crippen LogP contribution in [0.4, 0.5) is 24.8 Å². The minimum atomic E-state index is -4.42. The van der Waals surface area contributed by atoms with E-state index in [1.807, 2.05) is 19.1 Å².